The molecule has 6 heteroatoms. The molecule has 3 aromatic rings. The Kier molecular flexibility index (Phi) is 3.93. The monoisotopic (exact) mass is 361 g/mol. The summed E-state index contributed by atoms with van der Waals surface area (Å²) in [6.45, 7) is 2.68. The Hall–Kier alpha value is -2.73. The summed E-state index contributed by atoms with van der Waals surface area (Å²) < 4.78 is 0. The molecule has 1 aromatic heterocycles. The van der Waals surface area contributed by atoms with Gasteiger partial charge in [0.2, 0.25) is 0 Å². The van der Waals surface area contributed by atoms with Gasteiger partial charge in [0.05, 0.1) is 0 Å². The number of carbonyl (C=O) groups excluding carboxylic acids is 1. The molecule has 0 spiro atoms. The molecule has 3 heterocycles. The van der Waals surface area contributed by atoms with Gasteiger partial charge in [-0.15, -0.1) is 0 Å². The average Bonchev–Trinajstić information content (AvgIpc) is 3.31. The van der Waals surface area contributed by atoms with E-state index in [2.05, 4.69) is 57.7 Å². The predicted molar refractivity (Wildman–Crippen MR) is 104 cm³/mol. The number of amides is 1. The van der Waals surface area contributed by atoms with Crippen molar-refractivity contribution < 1.29 is 4.79 Å². The minimum Gasteiger partial charge on any atom is -0.338 e. The van der Waals surface area contributed by atoms with Crippen molar-refractivity contribution in [3.05, 3.63) is 59.7 Å². The van der Waals surface area contributed by atoms with E-state index in [1.165, 1.54) is 5.56 Å². The summed E-state index contributed by atoms with van der Waals surface area (Å²) >= 11 is 0. The quantitative estimate of drug-likeness (QED) is 0.762. The highest BCUT2D eigenvalue weighted by Gasteiger charge is 2.44. The second kappa shape index (κ2) is 6.46. The average molecular weight is 361 g/mol. The van der Waals surface area contributed by atoms with Gasteiger partial charge in [-0.25, -0.2) is 0 Å². The lowest BCUT2D eigenvalue weighted by Crippen LogP contribution is -2.48. The number of H-pyrrole nitrogens is 1. The highest BCUT2D eigenvalue weighted by Crippen LogP contribution is 2.40. The number of nitrogens with one attached hydrogen (secondary N) is 1. The van der Waals surface area contributed by atoms with Gasteiger partial charge in [-0.05, 0) is 37.2 Å². The standard InChI is InChI=1S/C21H23N5O/c1-25-12-16(14-5-3-2-4-6-14)17-13-26(10-9-20(17)25)21(27)15-7-8-18-19(11-15)23-24-22-18/h2-8,11,16-17,20H,9-10,12-13H2,1H3,(H,22,23,24)/t16-,17-,20-/m1/s1. The van der Waals surface area contributed by atoms with Gasteiger partial charge in [-0.1, -0.05) is 30.3 Å². The number of carbonyl (C=O) groups is 1. The molecule has 5 rings (SSSR count). The van der Waals surface area contributed by atoms with E-state index in [4.69, 9.17) is 0 Å². The first-order valence-corrected chi connectivity index (χ1v) is 9.56. The topological polar surface area (TPSA) is 65.1 Å². The Morgan fingerprint density at radius 3 is 2.74 bits per heavy atom. The second-order valence-corrected chi connectivity index (χ2v) is 7.75. The van der Waals surface area contributed by atoms with E-state index in [0.717, 1.165) is 37.1 Å². The van der Waals surface area contributed by atoms with Crippen molar-refractivity contribution in [2.24, 2.45) is 5.92 Å². The molecule has 27 heavy (non-hydrogen) atoms. The lowest BCUT2D eigenvalue weighted by atomic mass is 9.81. The Morgan fingerprint density at radius 2 is 1.89 bits per heavy atom. The number of hydrogen-bond donors (Lipinski definition) is 1. The summed E-state index contributed by atoms with van der Waals surface area (Å²) in [5.74, 6) is 1.06. The maximum Gasteiger partial charge on any atom is 0.253 e. The number of aromatic nitrogens is 3. The number of piperidine rings is 1. The zero-order chi connectivity index (χ0) is 18.4. The number of hydrogen-bond acceptors (Lipinski definition) is 4. The first-order chi connectivity index (χ1) is 13.2. The highest BCUT2D eigenvalue weighted by molar-refractivity contribution is 5.97. The number of benzene rings is 2. The molecule has 0 saturated carbocycles. The summed E-state index contributed by atoms with van der Waals surface area (Å²) in [4.78, 5) is 17.6. The van der Waals surface area contributed by atoms with Gasteiger partial charge < -0.3 is 9.80 Å². The molecule has 0 aliphatic carbocycles. The molecule has 2 fully saturated rings. The summed E-state index contributed by atoms with van der Waals surface area (Å²) in [5, 5.41) is 10.8. The number of aromatic amines is 1. The molecular weight excluding hydrogens is 338 g/mol. The van der Waals surface area contributed by atoms with Gasteiger partial charge in [0.1, 0.15) is 11.0 Å². The zero-order valence-electron chi connectivity index (χ0n) is 15.4. The van der Waals surface area contributed by atoms with Crippen LogP contribution in [0.5, 0.6) is 0 Å². The maximum absolute atomic E-state index is 13.1. The summed E-state index contributed by atoms with van der Waals surface area (Å²) in [6, 6.07) is 16.8. The molecule has 2 aliphatic heterocycles. The van der Waals surface area contributed by atoms with Crippen LogP contribution in [0.25, 0.3) is 11.0 Å². The van der Waals surface area contributed by atoms with Gasteiger partial charge >= 0.3 is 0 Å². The van der Waals surface area contributed by atoms with Gasteiger partial charge in [0.15, 0.2) is 0 Å². The molecule has 1 amide bonds. The van der Waals surface area contributed by atoms with Crippen LogP contribution in [-0.4, -0.2) is 63.8 Å². The molecule has 3 atom stereocenters. The lowest BCUT2D eigenvalue weighted by Gasteiger charge is -2.38. The van der Waals surface area contributed by atoms with Gasteiger partial charge in [-0.3, -0.25) is 4.79 Å². The van der Waals surface area contributed by atoms with E-state index in [1.807, 2.05) is 23.1 Å². The lowest BCUT2D eigenvalue weighted by molar-refractivity contribution is 0.0608. The minimum absolute atomic E-state index is 0.0970. The summed E-state index contributed by atoms with van der Waals surface area (Å²) in [7, 11) is 2.22. The number of likely N-dealkylation sites (N-methyl/N-ethyl adjacent to an activating group) is 1. The van der Waals surface area contributed by atoms with E-state index in [9.17, 15) is 4.79 Å². The van der Waals surface area contributed by atoms with Crippen molar-refractivity contribution in [3.63, 3.8) is 0 Å². The molecule has 0 unspecified atom stereocenters. The maximum atomic E-state index is 13.1. The van der Waals surface area contributed by atoms with Crippen LogP contribution in [0.2, 0.25) is 0 Å². The molecule has 1 N–H and O–H groups in total. The number of fused-ring (bicyclic) bond motifs is 2. The third kappa shape index (κ3) is 2.80. The first kappa shape index (κ1) is 16.4. The molecular formula is C21H23N5O. The molecule has 0 bridgehead atoms. The molecule has 6 nitrogen and oxygen atoms in total. The van der Waals surface area contributed by atoms with Gasteiger partial charge in [0, 0.05) is 43.1 Å². The third-order valence-electron chi connectivity index (χ3n) is 6.27. The summed E-state index contributed by atoms with van der Waals surface area (Å²) in [5.41, 5.74) is 3.60. The summed E-state index contributed by atoms with van der Waals surface area (Å²) in [6.07, 6.45) is 1.03. The number of likely N-dealkylation sites (tertiary alicyclic amines) is 2. The highest BCUT2D eigenvalue weighted by atomic mass is 16.2. The van der Waals surface area contributed by atoms with Crippen LogP contribution in [0.1, 0.15) is 28.3 Å². The predicted octanol–water partition coefficient (Wildman–Crippen LogP) is 2.52. The van der Waals surface area contributed by atoms with Crippen LogP contribution in [0.3, 0.4) is 0 Å². The Bertz CT molecular complexity index is 969. The van der Waals surface area contributed by atoms with Crippen LogP contribution >= 0.6 is 0 Å². The Balaban J connectivity index is 1.40. The van der Waals surface area contributed by atoms with Crippen LogP contribution in [-0.2, 0) is 0 Å². The molecule has 0 radical (unpaired) electrons. The van der Waals surface area contributed by atoms with Crippen molar-refractivity contribution in [1.29, 1.82) is 0 Å². The van der Waals surface area contributed by atoms with Crippen molar-refractivity contribution >= 4 is 16.9 Å². The van der Waals surface area contributed by atoms with Crippen LogP contribution < -0.4 is 0 Å². The van der Waals surface area contributed by atoms with E-state index < -0.39 is 0 Å². The van der Waals surface area contributed by atoms with E-state index in [0.29, 0.717) is 23.4 Å². The van der Waals surface area contributed by atoms with E-state index in [-0.39, 0.29) is 5.91 Å². The van der Waals surface area contributed by atoms with Crippen LogP contribution in [0, 0.1) is 5.92 Å². The Labute approximate surface area is 158 Å². The minimum atomic E-state index is 0.0970. The largest absolute Gasteiger partial charge is 0.338 e. The number of rotatable bonds is 2. The smallest absolute Gasteiger partial charge is 0.253 e. The van der Waals surface area contributed by atoms with Crippen molar-refractivity contribution in [2.75, 3.05) is 26.7 Å². The molecule has 2 aliphatic rings. The Morgan fingerprint density at radius 1 is 1.07 bits per heavy atom. The zero-order valence-corrected chi connectivity index (χ0v) is 15.4. The molecule has 2 saturated heterocycles. The van der Waals surface area contributed by atoms with Crippen molar-refractivity contribution in [2.45, 2.75) is 18.4 Å². The molecule has 2 aromatic carbocycles. The van der Waals surface area contributed by atoms with Crippen molar-refractivity contribution in [3.8, 4) is 0 Å². The van der Waals surface area contributed by atoms with E-state index in [1.54, 1.807) is 0 Å². The normalized spacial score (nSPS) is 25.7. The second-order valence-electron chi connectivity index (χ2n) is 7.75. The molecule has 138 valence electrons. The van der Waals surface area contributed by atoms with Gasteiger partial charge in [-0.2, -0.15) is 15.4 Å². The number of nitrogens with zero attached hydrogens (tertiary/aromatic N) is 4. The fourth-order valence-electron chi connectivity index (χ4n) is 4.89. The van der Waals surface area contributed by atoms with Crippen molar-refractivity contribution in [1.82, 2.24) is 25.2 Å². The van der Waals surface area contributed by atoms with Crippen LogP contribution in [0.15, 0.2) is 48.5 Å². The fraction of sp³-hybridized carbons (Fsp3) is 0.381. The van der Waals surface area contributed by atoms with E-state index >= 15 is 0 Å². The fourth-order valence-corrected chi connectivity index (χ4v) is 4.89. The SMILES string of the molecule is CN1C[C@H](c2ccccc2)[C@H]2CN(C(=O)c3ccc4n[nH]nc4c3)CC[C@H]21. The van der Waals surface area contributed by atoms with Gasteiger partial charge in [0.25, 0.3) is 5.91 Å². The first-order valence-electron chi connectivity index (χ1n) is 9.56. The van der Waals surface area contributed by atoms with Crippen LogP contribution in [0.4, 0.5) is 0 Å². The third-order valence-corrected chi connectivity index (χ3v) is 6.27.